The molecular formula is C15H19N3O5S. The van der Waals surface area contributed by atoms with Crippen molar-refractivity contribution in [3.05, 3.63) is 30.5 Å². The molecule has 2 aromatic rings. The number of hydrogen-bond acceptors (Lipinski definition) is 4. The number of sulfonamides is 1. The van der Waals surface area contributed by atoms with Crippen molar-refractivity contribution in [1.29, 1.82) is 0 Å². The van der Waals surface area contributed by atoms with E-state index in [4.69, 9.17) is 5.11 Å². The summed E-state index contributed by atoms with van der Waals surface area (Å²) in [7, 11) is -3.53. The Bertz CT molecular complexity index is 899. The quantitative estimate of drug-likeness (QED) is 0.716. The minimum atomic E-state index is -3.53. The Labute approximate surface area is 139 Å². The standard InChI is InChI=1S/C15H19N3O5S/c1-15(2,17-24(3,22)23)14(21)16-11-4-5-12-10(8-11)6-7-18(12)9-13(19)20/h4-8,17H,9H2,1-3H3,(H,16,21)(H,19,20). The zero-order valence-electron chi connectivity index (χ0n) is 13.5. The van der Waals surface area contributed by atoms with Crippen LogP contribution in [0.2, 0.25) is 0 Å². The van der Waals surface area contributed by atoms with E-state index in [9.17, 15) is 18.0 Å². The Hall–Kier alpha value is -2.39. The highest BCUT2D eigenvalue weighted by Crippen LogP contribution is 2.21. The fourth-order valence-electron chi connectivity index (χ4n) is 2.36. The van der Waals surface area contributed by atoms with Gasteiger partial charge in [-0.1, -0.05) is 0 Å². The molecule has 1 heterocycles. The van der Waals surface area contributed by atoms with E-state index in [2.05, 4.69) is 10.0 Å². The van der Waals surface area contributed by atoms with E-state index in [-0.39, 0.29) is 6.54 Å². The van der Waals surface area contributed by atoms with Gasteiger partial charge < -0.3 is 15.0 Å². The van der Waals surface area contributed by atoms with Crippen molar-refractivity contribution in [2.75, 3.05) is 11.6 Å². The molecule has 3 N–H and O–H groups in total. The first kappa shape index (κ1) is 18.0. The van der Waals surface area contributed by atoms with E-state index in [0.717, 1.165) is 17.2 Å². The smallest absolute Gasteiger partial charge is 0.323 e. The van der Waals surface area contributed by atoms with Crippen molar-refractivity contribution in [2.24, 2.45) is 0 Å². The molecule has 0 fully saturated rings. The number of carbonyl (C=O) groups excluding carboxylic acids is 1. The number of anilines is 1. The minimum absolute atomic E-state index is 0.152. The molecule has 0 saturated heterocycles. The van der Waals surface area contributed by atoms with Crippen molar-refractivity contribution in [3.63, 3.8) is 0 Å². The van der Waals surface area contributed by atoms with Crippen molar-refractivity contribution in [1.82, 2.24) is 9.29 Å². The molecule has 0 atom stereocenters. The van der Waals surface area contributed by atoms with Crippen LogP contribution in [0.5, 0.6) is 0 Å². The summed E-state index contributed by atoms with van der Waals surface area (Å²) in [6.45, 7) is 2.77. The van der Waals surface area contributed by atoms with Crippen molar-refractivity contribution in [3.8, 4) is 0 Å². The average Bonchev–Trinajstić information content (AvgIpc) is 2.77. The van der Waals surface area contributed by atoms with Gasteiger partial charge >= 0.3 is 5.97 Å². The monoisotopic (exact) mass is 353 g/mol. The number of carbonyl (C=O) groups is 2. The van der Waals surface area contributed by atoms with Crippen LogP contribution in [0.25, 0.3) is 10.9 Å². The summed E-state index contributed by atoms with van der Waals surface area (Å²) in [6, 6.07) is 6.77. The lowest BCUT2D eigenvalue weighted by molar-refractivity contribution is -0.137. The first-order chi connectivity index (χ1) is 11.0. The highest BCUT2D eigenvalue weighted by Gasteiger charge is 2.30. The lowest BCUT2D eigenvalue weighted by Crippen LogP contribution is -2.51. The molecule has 0 aliphatic rings. The van der Waals surface area contributed by atoms with Crippen LogP contribution >= 0.6 is 0 Å². The largest absolute Gasteiger partial charge is 0.480 e. The Morgan fingerprint density at radius 3 is 2.50 bits per heavy atom. The van der Waals surface area contributed by atoms with Gasteiger partial charge in [0.2, 0.25) is 15.9 Å². The topological polar surface area (TPSA) is 117 Å². The molecule has 1 aromatic heterocycles. The molecule has 0 bridgehead atoms. The summed E-state index contributed by atoms with van der Waals surface area (Å²) in [4.78, 5) is 23.1. The number of nitrogens with one attached hydrogen (secondary N) is 2. The van der Waals surface area contributed by atoms with Crippen molar-refractivity contribution in [2.45, 2.75) is 25.9 Å². The Balaban J connectivity index is 2.21. The van der Waals surface area contributed by atoms with Gasteiger partial charge in [-0.15, -0.1) is 0 Å². The predicted molar refractivity (Wildman–Crippen MR) is 90.3 cm³/mol. The maximum absolute atomic E-state index is 12.3. The number of aliphatic carboxylic acids is 1. The van der Waals surface area contributed by atoms with Gasteiger partial charge in [-0.2, -0.15) is 0 Å². The molecule has 0 saturated carbocycles. The second-order valence-electron chi connectivity index (χ2n) is 6.06. The van der Waals surface area contributed by atoms with E-state index in [1.165, 1.54) is 13.8 Å². The van der Waals surface area contributed by atoms with Gasteiger partial charge in [0.25, 0.3) is 0 Å². The summed E-state index contributed by atoms with van der Waals surface area (Å²) in [6.07, 6.45) is 2.64. The molecule has 0 aliphatic heterocycles. The first-order valence-electron chi connectivity index (χ1n) is 7.09. The minimum Gasteiger partial charge on any atom is -0.480 e. The number of fused-ring (bicyclic) bond motifs is 1. The van der Waals surface area contributed by atoms with Crippen LogP contribution in [0.1, 0.15) is 13.8 Å². The van der Waals surface area contributed by atoms with E-state index in [1.54, 1.807) is 35.0 Å². The summed E-state index contributed by atoms with van der Waals surface area (Å²) in [5.41, 5.74) is -0.0921. The van der Waals surface area contributed by atoms with Gasteiger partial charge in [-0.3, -0.25) is 9.59 Å². The lowest BCUT2D eigenvalue weighted by Gasteiger charge is -2.23. The normalized spacial score (nSPS) is 12.3. The third-order valence-electron chi connectivity index (χ3n) is 3.34. The molecular weight excluding hydrogens is 334 g/mol. The number of carboxylic acid groups (broad SMARTS) is 1. The van der Waals surface area contributed by atoms with Crippen LogP contribution < -0.4 is 10.0 Å². The fourth-order valence-corrected chi connectivity index (χ4v) is 3.38. The van der Waals surface area contributed by atoms with Gasteiger partial charge in [-0.25, -0.2) is 13.1 Å². The van der Waals surface area contributed by atoms with E-state index in [0.29, 0.717) is 5.69 Å². The van der Waals surface area contributed by atoms with E-state index >= 15 is 0 Å². The van der Waals surface area contributed by atoms with Crippen LogP contribution in [0, 0.1) is 0 Å². The molecule has 2 rings (SSSR count). The molecule has 0 spiro atoms. The molecule has 8 nitrogen and oxygen atoms in total. The van der Waals surface area contributed by atoms with Gasteiger partial charge in [0, 0.05) is 22.8 Å². The molecule has 1 amide bonds. The van der Waals surface area contributed by atoms with Crippen LogP contribution in [0.4, 0.5) is 5.69 Å². The predicted octanol–water partition coefficient (Wildman–Crippen LogP) is 0.992. The van der Waals surface area contributed by atoms with Gasteiger partial charge in [0.15, 0.2) is 0 Å². The third kappa shape index (κ3) is 4.33. The Morgan fingerprint density at radius 1 is 1.25 bits per heavy atom. The number of rotatable bonds is 6. The maximum atomic E-state index is 12.3. The Kier molecular flexibility index (Phi) is 4.68. The Morgan fingerprint density at radius 2 is 1.92 bits per heavy atom. The fraction of sp³-hybridized carbons (Fsp3) is 0.333. The van der Waals surface area contributed by atoms with Crippen LogP contribution in [-0.4, -0.2) is 41.8 Å². The number of carboxylic acids is 1. The van der Waals surface area contributed by atoms with Crippen molar-refractivity contribution >= 4 is 38.5 Å². The second kappa shape index (κ2) is 6.25. The van der Waals surface area contributed by atoms with Crippen LogP contribution in [0.15, 0.2) is 30.5 Å². The second-order valence-corrected chi connectivity index (χ2v) is 7.81. The SMILES string of the molecule is CC(C)(NS(C)(=O)=O)C(=O)Nc1ccc2c(ccn2CC(=O)O)c1. The van der Waals surface area contributed by atoms with Gasteiger partial charge in [-0.05, 0) is 38.1 Å². The molecule has 0 aliphatic carbocycles. The highest BCUT2D eigenvalue weighted by atomic mass is 32.2. The van der Waals surface area contributed by atoms with Crippen LogP contribution in [0.3, 0.4) is 0 Å². The molecule has 9 heteroatoms. The lowest BCUT2D eigenvalue weighted by atomic mass is 10.1. The molecule has 130 valence electrons. The maximum Gasteiger partial charge on any atom is 0.323 e. The molecule has 1 aromatic carbocycles. The van der Waals surface area contributed by atoms with E-state index < -0.39 is 27.4 Å². The van der Waals surface area contributed by atoms with E-state index in [1.807, 2.05) is 0 Å². The van der Waals surface area contributed by atoms with Crippen LogP contribution in [-0.2, 0) is 26.2 Å². The molecule has 24 heavy (non-hydrogen) atoms. The van der Waals surface area contributed by atoms with Crippen molar-refractivity contribution < 1.29 is 23.1 Å². The third-order valence-corrected chi connectivity index (χ3v) is 4.22. The summed E-state index contributed by atoms with van der Waals surface area (Å²) in [5.74, 6) is -1.45. The molecule has 0 unspecified atom stereocenters. The number of nitrogens with zero attached hydrogens (tertiary/aromatic N) is 1. The zero-order valence-corrected chi connectivity index (χ0v) is 14.3. The van der Waals surface area contributed by atoms with Gasteiger partial charge in [0.1, 0.15) is 12.1 Å². The molecule has 0 radical (unpaired) electrons. The number of hydrogen-bond donors (Lipinski definition) is 3. The first-order valence-corrected chi connectivity index (χ1v) is 8.98. The van der Waals surface area contributed by atoms with Gasteiger partial charge in [0.05, 0.1) is 6.26 Å². The zero-order chi connectivity index (χ0) is 18.1. The highest BCUT2D eigenvalue weighted by molar-refractivity contribution is 7.88. The average molecular weight is 353 g/mol. The number of amides is 1. The summed E-state index contributed by atoms with van der Waals surface area (Å²) >= 11 is 0. The summed E-state index contributed by atoms with van der Waals surface area (Å²) < 4.78 is 26.5. The number of benzene rings is 1. The summed E-state index contributed by atoms with van der Waals surface area (Å²) in [5, 5.41) is 12.3. The number of aromatic nitrogens is 1.